The molecular weight excluding hydrogens is 588 g/mol. The second-order valence-electron chi connectivity index (χ2n) is 10.8. The zero-order valence-electron chi connectivity index (χ0n) is 22.7. The van der Waals surface area contributed by atoms with Crippen LogP contribution in [0.4, 0.5) is 4.39 Å². The molecule has 6 aromatic rings. The first-order valence-electron chi connectivity index (χ1n) is 14.1. The van der Waals surface area contributed by atoms with Crippen molar-refractivity contribution in [2.24, 2.45) is 0 Å². The first kappa shape index (κ1) is 27.5. The average Bonchev–Trinajstić information content (AvgIpc) is 3.87. The molecule has 0 radical (unpaired) electrons. The van der Waals surface area contributed by atoms with Crippen molar-refractivity contribution in [3.8, 4) is 11.1 Å². The van der Waals surface area contributed by atoms with Crippen LogP contribution >= 0.6 is 24.2 Å². The number of fused-ring (bicyclic) bond motifs is 1. The Labute approximate surface area is 252 Å². The topological polar surface area (TPSA) is 12.9 Å². The summed E-state index contributed by atoms with van der Waals surface area (Å²) >= 11 is 0. The van der Waals surface area contributed by atoms with E-state index in [9.17, 15) is 4.39 Å². The Bertz CT molecular complexity index is 1670. The molecule has 1 fully saturated rings. The van der Waals surface area contributed by atoms with E-state index in [0.29, 0.717) is 5.92 Å². The third-order valence-electron chi connectivity index (χ3n) is 8.36. The van der Waals surface area contributed by atoms with E-state index in [0.717, 1.165) is 35.5 Å². The molecule has 7 rings (SSSR count). The van der Waals surface area contributed by atoms with E-state index in [-0.39, 0.29) is 22.8 Å². The van der Waals surface area contributed by atoms with Gasteiger partial charge in [-0.15, -0.1) is 17.0 Å². The zero-order valence-corrected chi connectivity index (χ0v) is 25.4. The Kier molecular flexibility index (Phi) is 7.84. The third kappa shape index (κ3) is 5.14. The van der Waals surface area contributed by atoms with Gasteiger partial charge in [0.2, 0.25) is 0 Å². The standard InChI is InChI=1S/C37H31FNP.BrH/c38-29-24-22-27(23-25-29)36-33-18-10-11-19-35(33)39-37(28-20-21-28)34(36)26-40(30-12-4-1-5-13-30,31-14-6-2-7-15-31)32-16-8-3-9-17-32;/h1-19,22-25,28,40H,20-21,26H2;1H. The van der Waals surface area contributed by atoms with Gasteiger partial charge < -0.3 is 0 Å². The van der Waals surface area contributed by atoms with Crippen molar-refractivity contribution < 1.29 is 4.39 Å². The van der Waals surface area contributed by atoms with E-state index in [1.165, 1.54) is 32.7 Å². The fourth-order valence-corrected chi connectivity index (χ4v) is 11.1. The van der Waals surface area contributed by atoms with Crippen LogP contribution in [0.15, 0.2) is 140 Å². The van der Waals surface area contributed by atoms with Gasteiger partial charge in [0.1, 0.15) is 0 Å². The molecule has 4 heteroatoms. The van der Waals surface area contributed by atoms with Crippen LogP contribution in [-0.4, -0.2) is 4.98 Å². The van der Waals surface area contributed by atoms with Crippen molar-refractivity contribution in [1.82, 2.24) is 4.98 Å². The summed E-state index contributed by atoms with van der Waals surface area (Å²) in [5, 5.41) is 5.28. The second kappa shape index (κ2) is 11.7. The summed E-state index contributed by atoms with van der Waals surface area (Å²) in [6, 6.07) is 48.7. The molecule has 1 saturated carbocycles. The Morgan fingerprint density at radius 3 is 1.61 bits per heavy atom. The SMILES string of the molecule is Br.Fc1ccc(-c2c(C[PH](c3ccccc3)(c3ccccc3)c3ccccc3)c(C3CC3)nc3ccccc23)cc1. The monoisotopic (exact) mass is 619 g/mol. The van der Waals surface area contributed by atoms with Crippen LogP contribution in [0.2, 0.25) is 0 Å². The normalized spacial score (nSPS) is 13.5. The molecule has 0 unspecified atom stereocenters. The first-order valence-corrected chi connectivity index (χ1v) is 16.3. The summed E-state index contributed by atoms with van der Waals surface area (Å²) in [4.78, 5) is 5.35. The van der Waals surface area contributed by atoms with Gasteiger partial charge in [0, 0.05) is 0 Å². The predicted molar refractivity (Wildman–Crippen MR) is 180 cm³/mol. The van der Waals surface area contributed by atoms with Gasteiger partial charge in [-0.3, -0.25) is 0 Å². The summed E-state index contributed by atoms with van der Waals surface area (Å²) in [6.07, 6.45) is 3.21. The summed E-state index contributed by atoms with van der Waals surface area (Å²) in [5.74, 6) is 0.250. The van der Waals surface area contributed by atoms with Crippen LogP contribution in [0, 0.1) is 5.82 Å². The van der Waals surface area contributed by atoms with E-state index in [1.807, 2.05) is 12.1 Å². The van der Waals surface area contributed by atoms with Crippen molar-refractivity contribution in [3.63, 3.8) is 0 Å². The molecular formula is C37H32BrFNP. The molecule has 204 valence electrons. The van der Waals surface area contributed by atoms with Crippen molar-refractivity contribution >= 4 is 51.1 Å². The van der Waals surface area contributed by atoms with E-state index in [4.69, 9.17) is 4.98 Å². The average molecular weight is 621 g/mol. The fourth-order valence-electron chi connectivity index (χ4n) is 6.33. The Hall–Kier alpha value is -3.65. The molecule has 0 atom stereocenters. The number of rotatable bonds is 7. The molecule has 41 heavy (non-hydrogen) atoms. The maximum atomic E-state index is 14.2. The number of nitrogens with zero attached hydrogens (tertiary/aromatic N) is 1. The van der Waals surface area contributed by atoms with Crippen molar-refractivity contribution in [3.05, 3.63) is 157 Å². The van der Waals surface area contributed by atoms with Gasteiger partial charge in [-0.05, 0) is 0 Å². The molecule has 0 aliphatic heterocycles. The van der Waals surface area contributed by atoms with E-state index in [1.54, 1.807) is 12.1 Å². The molecule has 0 N–H and O–H groups in total. The fraction of sp³-hybridized carbons (Fsp3) is 0.108. The molecule has 1 aromatic heterocycles. The number of benzene rings is 5. The van der Waals surface area contributed by atoms with Gasteiger partial charge in [-0.2, -0.15) is 0 Å². The molecule has 0 saturated heterocycles. The molecule has 5 aromatic carbocycles. The van der Waals surface area contributed by atoms with Crippen molar-refractivity contribution in [2.45, 2.75) is 24.9 Å². The number of aromatic nitrogens is 1. The van der Waals surface area contributed by atoms with Gasteiger partial charge >= 0.3 is 236 Å². The minimum atomic E-state index is -2.59. The molecule has 1 aliphatic rings. The summed E-state index contributed by atoms with van der Waals surface area (Å²) < 4.78 is 14.2. The van der Waals surface area contributed by atoms with Crippen molar-refractivity contribution in [2.75, 3.05) is 0 Å². The maximum absolute atomic E-state index is 14.2. The third-order valence-corrected chi connectivity index (χ3v) is 13.2. The number of hydrogen-bond acceptors (Lipinski definition) is 1. The second-order valence-corrected chi connectivity index (χ2v) is 14.7. The molecule has 0 bridgehead atoms. The molecule has 1 heterocycles. The van der Waals surface area contributed by atoms with Crippen LogP contribution in [0.5, 0.6) is 0 Å². The van der Waals surface area contributed by atoms with Gasteiger partial charge in [0.15, 0.2) is 0 Å². The van der Waals surface area contributed by atoms with Gasteiger partial charge in [-0.25, -0.2) is 0 Å². The van der Waals surface area contributed by atoms with E-state index in [2.05, 4.69) is 115 Å². The molecule has 0 amide bonds. The number of halogens is 2. The summed E-state index contributed by atoms with van der Waals surface area (Å²) in [5.41, 5.74) is 5.80. The van der Waals surface area contributed by atoms with Crippen LogP contribution in [0.25, 0.3) is 22.0 Å². The van der Waals surface area contributed by atoms with Gasteiger partial charge in [0.25, 0.3) is 0 Å². The Morgan fingerprint density at radius 2 is 1.10 bits per heavy atom. The Morgan fingerprint density at radius 1 is 0.610 bits per heavy atom. The van der Waals surface area contributed by atoms with Crippen LogP contribution in [-0.2, 0) is 6.16 Å². The van der Waals surface area contributed by atoms with Gasteiger partial charge in [-0.1, -0.05) is 0 Å². The number of para-hydroxylation sites is 1. The van der Waals surface area contributed by atoms with Crippen LogP contribution in [0.1, 0.15) is 30.0 Å². The van der Waals surface area contributed by atoms with E-state index < -0.39 is 7.26 Å². The van der Waals surface area contributed by atoms with Crippen LogP contribution in [0.3, 0.4) is 0 Å². The van der Waals surface area contributed by atoms with E-state index >= 15 is 0 Å². The number of hydrogen-bond donors (Lipinski definition) is 0. The molecule has 1 nitrogen and oxygen atoms in total. The quantitative estimate of drug-likeness (QED) is 0.163. The first-order chi connectivity index (χ1) is 19.7. The van der Waals surface area contributed by atoms with Crippen molar-refractivity contribution in [1.29, 1.82) is 0 Å². The predicted octanol–water partition coefficient (Wildman–Crippen LogP) is 8.72. The molecule has 1 aliphatic carbocycles. The summed E-state index contributed by atoms with van der Waals surface area (Å²) in [7, 11) is -2.59. The van der Waals surface area contributed by atoms with Crippen LogP contribution < -0.4 is 15.9 Å². The zero-order chi connectivity index (χ0) is 26.9. The Balaban J connectivity index is 0.00000302. The van der Waals surface area contributed by atoms with Gasteiger partial charge in [0.05, 0.1) is 0 Å². The number of pyridine rings is 1. The summed E-state index contributed by atoms with van der Waals surface area (Å²) in [6.45, 7) is 0. The molecule has 0 spiro atoms. The minimum absolute atomic E-state index is 0.